The monoisotopic (exact) mass is 327 g/mol. The largest absolute Gasteiger partial charge is 0.444 e. The minimum Gasteiger partial charge on any atom is -0.444 e. The molecule has 23 heavy (non-hydrogen) atoms. The van der Waals surface area contributed by atoms with Crippen LogP contribution in [0.3, 0.4) is 0 Å². The highest BCUT2D eigenvalue weighted by molar-refractivity contribution is 5.82. The van der Waals surface area contributed by atoms with E-state index in [-0.39, 0.29) is 30.2 Å². The number of aliphatic hydroxyl groups excluding tert-OH is 1. The number of amides is 2. The lowest BCUT2D eigenvalue weighted by Crippen LogP contribution is -2.54. The third kappa shape index (κ3) is 5.66. The van der Waals surface area contributed by atoms with Gasteiger partial charge < -0.3 is 25.4 Å². The molecule has 7 heteroatoms. The van der Waals surface area contributed by atoms with Gasteiger partial charge in [0.15, 0.2) is 0 Å². The second kappa shape index (κ2) is 7.49. The number of ether oxygens (including phenoxy) is 1. The van der Waals surface area contributed by atoms with Crippen molar-refractivity contribution in [1.29, 1.82) is 0 Å². The summed E-state index contributed by atoms with van der Waals surface area (Å²) in [6.45, 7) is 7.21. The van der Waals surface area contributed by atoms with Crippen LogP contribution < -0.4 is 10.6 Å². The predicted octanol–water partition coefficient (Wildman–Crippen LogP) is 0.615. The summed E-state index contributed by atoms with van der Waals surface area (Å²) >= 11 is 0. The molecule has 3 N–H and O–H groups in total. The number of β-amino-alcohol motifs (C(OH)–C–C–N with tert-alkyl or cyclic N) is 1. The van der Waals surface area contributed by atoms with Crippen LogP contribution in [0.1, 0.15) is 46.5 Å². The highest BCUT2D eigenvalue weighted by atomic mass is 16.6. The number of nitrogens with zero attached hydrogens (tertiary/aromatic N) is 1. The van der Waals surface area contributed by atoms with Gasteiger partial charge in [-0.2, -0.15) is 0 Å². The van der Waals surface area contributed by atoms with E-state index in [9.17, 15) is 14.7 Å². The first-order valence-corrected chi connectivity index (χ1v) is 8.44. The quantitative estimate of drug-likeness (QED) is 0.691. The summed E-state index contributed by atoms with van der Waals surface area (Å²) < 4.78 is 5.36. The lowest BCUT2D eigenvalue weighted by Gasteiger charge is -2.34. The zero-order chi connectivity index (χ0) is 17.0. The van der Waals surface area contributed by atoms with E-state index in [1.807, 2.05) is 20.8 Å². The van der Waals surface area contributed by atoms with Gasteiger partial charge in [0, 0.05) is 25.7 Å². The topological polar surface area (TPSA) is 90.9 Å². The van der Waals surface area contributed by atoms with E-state index in [0.717, 1.165) is 12.8 Å². The van der Waals surface area contributed by atoms with E-state index in [4.69, 9.17) is 4.74 Å². The lowest BCUT2D eigenvalue weighted by atomic mass is 10.0. The van der Waals surface area contributed by atoms with E-state index >= 15 is 0 Å². The Balaban J connectivity index is 1.72. The van der Waals surface area contributed by atoms with Gasteiger partial charge in [-0.05, 0) is 46.5 Å². The molecule has 0 saturated carbocycles. The van der Waals surface area contributed by atoms with Gasteiger partial charge in [0.2, 0.25) is 5.91 Å². The molecular weight excluding hydrogens is 298 g/mol. The van der Waals surface area contributed by atoms with Crippen LogP contribution >= 0.6 is 0 Å². The fourth-order valence-electron chi connectivity index (χ4n) is 2.90. The Hall–Kier alpha value is -1.34. The molecule has 2 amide bonds. The minimum absolute atomic E-state index is 0.00684. The van der Waals surface area contributed by atoms with Gasteiger partial charge in [0.1, 0.15) is 5.60 Å². The molecule has 7 nitrogen and oxygen atoms in total. The van der Waals surface area contributed by atoms with Crippen LogP contribution in [-0.4, -0.2) is 65.4 Å². The van der Waals surface area contributed by atoms with Crippen LogP contribution in [-0.2, 0) is 9.53 Å². The summed E-state index contributed by atoms with van der Waals surface area (Å²) in [5.41, 5.74) is -0.487. The van der Waals surface area contributed by atoms with Crippen molar-refractivity contribution in [2.45, 2.75) is 70.2 Å². The molecule has 2 aliphatic rings. The second-order valence-electron chi connectivity index (χ2n) is 7.44. The Labute approximate surface area is 137 Å². The van der Waals surface area contributed by atoms with Crippen molar-refractivity contribution < 1.29 is 19.4 Å². The van der Waals surface area contributed by atoms with Crippen molar-refractivity contribution in [3.8, 4) is 0 Å². The third-order valence-electron chi connectivity index (χ3n) is 4.20. The van der Waals surface area contributed by atoms with E-state index in [0.29, 0.717) is 32.5 Å². The summed E-state index contributed by atoms with van der Waals surface area (Å²) in [6.07, 6.45) is 2.15. The van der Waals surface area contributed by atoms with Crippen molar-refractivity contribution in [2.24, 2.45) is 0 Å². The zero-order valence-corrected chi connectivity index (χ0v) is 14.3. The van der Waals surface area contributed by atoms with Gasteiger partial charge in [-0.3, -0.25) is 4.79 Å². The molecule has 132 valence electrons. The average Bonchev–Trinajstić information content (AvgIpc) is 2.46. The lowest BCUT2D eigenvalue weighted by molar-refractivity contribution is -0.125. The summed E-state index contributed by atoms with van der Waals surface area (Å²) in [7, 11) is 0. The second-order valence-corrected chi connectivity index (χ2v) is 7.44. The van der Waals surface area contributed by atoms with Crippen molar-refractivity contribution >= 4 is 12.0 Å². The first-order valence-electron chi connectivity index (χ1n) is 8.44. The van der Waals surface area contributed by atoms with Gasteiger partial charge in [-0.25, -0.2) is 4.79 Å². The smallest absolute Gasteiger partial charge is 0.410 e. The van der Waals surface area contributed by atoms with Crippen molar-refractivity contribution in [2.75, 3.05) is 19.6 Å². The van der Waals surface area contributed by atoms with Crippen LogP contribution in [0, 0.1) is 0 Å². The molecule has 2 atom stereocenters. The van der Waals surface area contributed by atoms with Crippen LogP contribution in [0.15, 0.2) is 0 Å². The Kier molecular flexibility index (Phi) is 5.86. The summed E-state index contributed by atoms with van der Waals surface area (Å²) in [6, 6.07) is -0.128. The fraction of sp³-hybridized carbons (Fsp3) is 0.875. The van der Waals surface area contributed by atoms with Crippen LogP contribution in [0.25, 0.3) is 0 Å². The van der Waals surface area contributed by atoms with Crippen molar-refractivity contribution in [1.82, 2.24) is 15.5 Å². The number of piperidine rings is 2. The molecule has 0 spiro atoms. The number of rotatable bonds is 2. The minimum atomic E-state index is -0.487. The number of aliphatic hydroxyl groups is 1. The molecule has 0 aromatic carbocycles. The molecular formula is C16H29N3O4. The van der Waals surface area contributed by atoms with E-state index in [1.54, 1.807) is 4.90 Å². The Morgan fingerprint density at radius 3 is 2.35 bits per heavy atom. The van der Waals surface area contributed by atoms with Gasteiger partial charge in [0.25, 0.3) is 0 Å². The molecule has 0 aromatic rings. The molecule has 0 unspecified atom stereocenters. The molecule has 2 aliphatic heterocycles. The number of carbonyl (C=O) groups excluding carboxylic acids is 2. The summed E-state index contributed by atoms with van der Waals surface area (Å²) in [5, 5.41) is 15.6. The van der Waals surface area contributed by atoms with E-state index in [2.05, 4.69) is 10.6 Å². The number of nitrogens with one attached hydrogen (secondary N) is 2. The fourth-order valence-corrected chi connectivity index (χ4v) is 2.90. The summed E-state index contributed by atoms with van der Waals surface area (Å²) in [4.78, 5) is 25.9. The maximum absolute atomic E-state index is 12.2. The third-order valence-corrected chi connectivity index (χ3v) is 4.20. The molecule has 2 heterocycles. The molecule has 2 rings (SSSR count). The Morgan fingerprint density at radius 1 is 1.17 bits per heavy atom. The highest BCUT2D eigenvalue weighted by Gasteiger charge is 2.30. The maximum Gasteiger partial charge on any atom is 0.410 e. The molecule has 0 aromatic heterocycles. The van der Waals surface area contributed by atoms with Gasteiger partial charge in [0.05, 0.1) is 12.1 Å². The van der Waals surface area contributed by atoms with Gasteiger partial charge in [-0.1, -0.05) is 0 Å². The van der Waals surface area contributed by atoms with Crippen molar-refractivity contribution in [3.63, 3.8) is 0 Å². The molecule has 0 bridgehead atoms. The first-order chi connectivity index (χ1) is 10.7. The Bertz CT molecular complexity index is 420. The van der Waals surface area contributed by atoms with Crippen LogP contribution in [0.4, 0.5) is 4.79 Å². The van der Waals surface area contributed by atoms with Crippen molar-refractivity contribution in [3.05, 3.63) is 0 Å². The Morgan fingerprint density at radius 2 is 1.83 bits per heavy atom. The predicted molar refractivity (Wildman–Crippen MR) is 86.0 cm³/mol. The van der Waals surface area contributed by atoms with Crippen LogP contribution in [0.2, 0.25) is 0 Å². The van der Waals surface area contributed by atoms with Gasteiger partial charge >= 0.3 is 6.09 Å². The zero-order valence-electron chi connectivity index (χ0n) is 14.3. The first kappa shape index (κ1) is 18.0. The molecule has 2 fully saturated rings. The standard InChI is InChI=1S/C16H29N3O4/c1-16(2,3)23-15(22)19-8-6-11(7-9-19)18-14(21)13-5-4-12(20)10-17-13/h11-13,17,20H,4-10H2,1-3H3,(H,18,21)/t12-,13-/m0/s1. The van der Waals surface area contributed by atoms with Gasteiger partial charge in [-0.15, -0.1) is 0 Å². The van der Waals surface area contributed by atoms with Crippen LogP contribution in [0.5, 0.6) is 0 Å². The summed E-state index contributed by atoms with van der Waals surface area (Å²) in [5.74, 6) is -0.00684. The average molecular weight is 327 g/mol. The number of hydrogen-bond acceptors (Lipinski definition) is 5. The SMILES string of the molecule is CC(C)(C)OC(=O)N1CCC(NC(=O)[C@@H]2CC[C@H](O)CN2)CC1. The number of likely N-dealkylation sites (tertiary alicyclic amines) is 1. The highest BCUT2D eigenvalue weighted by Crippen LogP contribution is 2.16. The van der Waals surface area contributed by atoms with E-state index < -0.39 is 5.60 Å². The molecule has 2 saturated heterocycles. The number of hydrogen-bond donors (Lipinski definition) is 3. The molecule has 0 aliphatic carbocycles. The van der Waals surface area contributed by atoms with E-state index in [1.165, 1.54) is 0 Å². The molecule has 0 radical (unpaired) electrons. The number of carbonyl (C=O) groups is 2. The normalized spacial score (nSPS) is 26.7. The maximum atomic E-state index is 12.2.